The van der Waals surface area contributed by atoms with Crippen molar-refractivity contribution in [3.8, 4) is 11.1 Å². The van der Waals surface area contributed by atoms with E-state index < -0.39 is 0 Å². The van der Waals surface area contributed by atoms with Crippen LogP contribution < -0.4 is 0 Å². The van der Waals surface area contributed by atoms with Crippen molar-refractivity contribution < 1.29 is 4.79 Å². The van der Waals surface area contributed by atoms with Gasteiger partial charge in [0.15, 0.2) is 0 Å². The molecule has 1 aliphatic heterocycles. The van der Waals surface area contributed by atoms with Gasteiger partial charge in [-0.15, -0.1) is 0 Å². The molecule has 0 spiro atoms. The molecule has 0 bridgehead atoms. The summed E-state index contributed by atoms with van der Waals surface area (Å²) in [6.45, 7) is 2.98. The fourth-order valence-electron chi connectivity index (χ4n) is 5.64. The monoisotopic (exact) mass is 385 g/mol. The van der Waals surface area contributed by atoms with Crippen LogP contribution in [0, 0.1) is 5.92 Å². The molecule has 2 aromatic rings. The van der Waals surface area contributed by atoms with Crippen LogP contribution in [0.4, 0.5) is 0 Å². The quantitative estimate of drug-likeness (QED) is 0.591. The summed E-state index contributed by atoms with van der Waals surface area (Å²) in [5.74, 6) is 1.28. The van der Waals surface area contributed by atoms with Crippen molar-refractivity contribution in [3.05, 3.63) is 71.3 Å². The van der Waals surface area contributed by atoms with Crippen LogP contribution in [0.3, 0.4) is 0 Å². The number of hydrogen-bond donors (Lipinski definition) is 0. The van der Waals surface area contributed by atoms with E-state index >= 15 is 0 Å². The highest BCUT2D eigenvalue weighted by Crippen LogP contribution is 2.48. The van der Waals surface area contributed by atoms with Gasteiger partial charge >= 0.3 is 0 Å². The second-order valence-corrected chi connectivity index (χ2v) is 8.99. The normalized spacial score (nSPS) is 20.2. The Hall–Kier alpha value is -2.19. The lowest BCUT2D eigenvalue weighted by atomic mass is 9.84. The summed E-state index contributed by atoms with van der Waals surface area (Å²) < 4.78 is 0. The van der Waals surface area contributed by atoms with E-state index in [0.717, 1.165) is 45.3 Å². The molecule has 0 aromatic heterocycles. The molecule has 2 heteroatoms. The summed E-state index contributed by atoms with van der Waals surface area (Å²) in [6.07, 6.45) is 10.3. The van der Waals surface area contributed by atoms with Gasteiger partial charge < -0.3 is 0 Å². The maximum atomic E-state index is 12.5. The van der Waals surface area contributed by atoms with E-state index in [-0.39, 0.29) is 0 Å². The van der Waals surface area contributed by atoms with Crippen molar-refractivity contribution in [1.29, 1.82) is 0 Å². The molecule has 150 valence electrons. The van der Waals surface area contributed by atoms with Gasteiger partial charge in [-0.1, -0.05) is 79.4 Å². The molecule has 1 fully saturated rings. The molecule has 1 heterocycles. The van der Waals surface area contributed by atoms with E-state index in [1.807, 2.05) is 0 Å². The van der Waals surface area contributed by atoms with E-state index in [2.05, 4.69) is 59.5 Å². The molecule has 2 aromatic carbocycles. The predicted octanol–water partition coefficient (Wildman–Crippen LogP) is 5.97. The van der Waals surface area contributed by atoms with E-state index in [0.29, 0.717) is 17.6 Å². The smallest absolute Gasteiger partial charge is 0.137 e. The molecule has 2 aliphatic carbocycles. The number of rotatable bonds is 5. The van der Waals surface area contributed by atoms with Crippen LogP contribution in [-0.2, 0) is 4.79 Å². The third-order valence-corrected chi connectivity index (χ3v) is 7.27. The van der Waals surface area contributed by atoms with Crippen molar-refractivity contribution in [2.24, 2.45) is 5.92 Å². The van der Waals surface area contributed by atoms with Gasteiger partial charge in [-0.2, -0.15) is 0 Å². The highest BCUT2D eigenvalue weighted by molar-refractivity contribution is 5.81. The average Bonchev–Trinajstić information content (AvgIpc) is 3.13. The van der Waals surface area contributed by atoms with Gasteiger partial charge in [-0.05, 0) is 41.5 Å². The molecule has 0 unspecified atom stereocenters. The van der Waals surface area contributed by atoms with Gasteiger partial charge in [-0.3, -0.25) is 9.69 Å². The first-order valence-corrected chi connectivity index (χ1v) is 11.4. The molecule has 1 saturated carbocycles. The van der Waals surface area contributed by atoms with Gasteiger partial charge in [0.25, 0.3) is 0 Å². The summed E-state index contributed by atoms with van der Waals surface area (Å²) in [5, 5.41) is 0. The Morgan fingerprint density at radius 2 is 1.55 bits per heavy atom. The summed E-state index contributed by atoms with van der Waals surface area (Å²) in [5.41, 5.74) is 7.27. The third-order valence-electron chi connectivity index (χ3n) is 7.27. The standard InChI is InChI=1S/C27H31NO/c29-26(20-8-2-1-3-9-20)16-19-28-17-14-21(15-18-28)27-24-12-6-4-10-22(24)23-11-5-7-13-25(23)27/h4-7,10-14,20,27H,1-3,8-9,15-19H2. The molecule has 0 amide bonds. The number of hydrogen-bond acceptors (Lipinski definition) is 2. The minimum Gasteiger partial charge on any atom is -0.299 e. The van der Waals surface area contributed by atoms with Crippen LogP contribution in [0.15, 0.2) is 60.2 Å². The third kappa shape index (κ3) is 3.71. The molecule has 3 aliphatic rings. The fraction of sp³-hybridized carbons (Fsp3) is 0.444. The van der Waals surface area contributed by atoms with E-state index in [1.54, 1.807) is 5.57 Å². The van der Waals surface area contributed by atoms with Crippen LogP contribution in [0.2, 0.25) is 0 Å². The first kappa shape index (κ1) is 18.8. The van der Waals surface area contributed by atoms with Crippen molar-refractivity contribution in [1.82, 2.24) is 4.90 Å². The largest absolute Gasteiger partial charge is 0.299 e. The van der Waals surface area contributed by atoms with Crippen LogP contribution in [0.5, 0.6) is 0 Å². The van der Waals surface area contributed by atoms with Gasteiger partial charge in [0.2, 0.25) is 0 Å². The number of Topliss-reactive ketones (excluding diaryl/α,β-unsaturated/α-hetero) is 1. The van der Waals surface area contributed by atoms with Gasteiger partial charge in [-0.25, -0.2) is 0 Å². The van der Waals surface area contributed by atoms with Crippen molar-refractivity contribution in [2.45, 2.75) is 50.9 Å². The minimum absolute atomic E-state index is 0.353. The van der Waals surface area contributed by atoms with Gasteiger partial charge in [0.05, 0.1) is 0 Å². The Bertz CT molecular complexity index is 876. The molecule has 0 radical (unpaired) electrons. The molecule has 0 N–H and O–H groups in total. The lowest BCUT2D eigenvalue weighted by molar-refractivity contribution is -0.124. The van der Waals surface area contributed by atoms with Gasteiger partial charge in [0.1, 0.15) is 5.78 Å². The minimum atomic E-state index is 0.353. The summed E-state index contributed by atoms with van der Waals surface area (Å²) >= 11 is 0. The second-order valence-electron chi connectivity index (χ2n) is 8.99. The first-order chi connectivity index (χ1) is 14.3. The molecule has 0 saturated heterocycles. The van der Waals surface area contributed by atoms with Crippen LogP contribution in [0.25, 0.3) is 11.1 Å². The summed E-state index contributed by atoms with van der Waals surface area (Å²) in [4.78, 5) is 15.0. The van der Waals surface area contributed by atoms with Crippen molar-refractivity contribution >= 4 is 5.78 Å². The SMILES string of the molecule is O=C(CCN1CC=C(C2c3ccccc3-c3ccccc32)CC1)C1CCCCC1. The van der Waals surface area contributed by atoms with E-state index in [1.165, 1.54) is 41.5 Å². The molecular weight excluding hydrogens is 354 g/mol. The first-order valence-electron chi connectivity index (χ1n) is 11.4. The maximum absolute atomic E-state index is 12.5. The second kappa shape index (κ2) is 8.28. The Morgan fingerprint density at radius 3 is 2.17 bits per heavy atom. The molecule has 29 heavy (non-hydrogen) atoms. The Kier molecular flexibility index (Phi) is 5.37. The van der Waals surface area contributed by atoms with Crippen molar-refractivity contribution in [3.63, 3.8) is 0 Å². The summed E-state index contributed by atoms with van der Waals surface area (Å²) in [7, 11) is 0. The maximum Gasteiger partial charge on any atom is 0.137 e. The zero-order chi connectivity index (χ0) is 19.6. The number of ketones is 1. The lowest BCUT2D eigenvalue weighted by Gasteiger charge is -2.30. The number of benzene rings is 2. The molecule has 0 atom stereocenters. The molecular formula is C27H31NO. The molecule has 5 rings (SSSR count). The Morgan fingerprint density at radius 1 is 0.897 bits per heavy atom. The number of fused-ring (bicyclic) bond motifs is 3. The van der Waals surface area contributed by atoms with Gasteiger partial charge in [0, 0.05) is 37.9 Å². The molecule has 2 nitrogen and oxygen atoms in total. The van der Waals surface area contributed by atoms with Crippen LogP contribution >= 0.6 is 0 Å². The zero-order valence-electron chi connectivity index (χ0n) is 17.3. The number of carbonyl (C=O) groups excluding carboxylic acids is 1. The zero-order valence-corrected chi connectivity index (χ0v) is 17.3. The van der Waals surface area contributed by atoms with E-state index in [9.17, 15) is 4.79 Å². The van der Waals surface area contributed by atoms with Crippen LogP contribution in [-0.4, -0.2) is 30.3 Å². The summed E-state index contributed by atoms with van der Waals surface area (Å²) in [6, 6.07) is 17.8. The number of carbonyl (C=O) groups is 1. The Balaban J connectivity index is 1.26. The highest BCUT2D eigenvalue weighted by Gasteiger charge is 2.31. The Labute approximate surface area is 174 Å². The predicted molar refractivity (Wildman–Crippen MR) is 119 cm³/mol. The van der Waals surface area contributed by atoms with Crippen molar-refractivity contribution in [2.75, 3.05) is 19.6 Å². The fourth-order valence-corrected chi connectivity index (χ4v) is 5.64. The van der Waals surface area contributed by atoms with E-state index in [4.69, 9.17) is 0 Å². The lowest BCUT2D eigenvalue weighted by Crippen LogP contribution is -2.33. The highest BCUT2D eigenvalue weighted by atomic mass is 16.1. The van der Waals surface area contributed by atoms with Crippen LogP contribution in [0.1, 0.15) is 62.0 Å². The number of nitrogens with zero attached hydrogens (tertiary/aromatic N) is 1. The average molecular weight is 386 g/mol. The topological polar surface area (TPSA) is 20.3 Å².